The minimum Gasteiger partial charge on any atom is -0.497 e. The fraction of sp³-hybridized carbons (Fsp3) is 0.467. The zero-order valence-corrected chi connectivity index (χ0v) is 23.5. The number of hydrogen-bond acceptors (Lipinski definition) is 7. The summed E-state index contributed by atoms with van der Waals surface area (Å²) in [6, 6.07) is 15.1. The Balaban J connectivity index is 1.56. The molecule has 2 aliphatic carbocycles. The predicted octanol–water partition coefficient (Wildman–Crippen LogP) is 7.21. The minimum absolute atomic E-state index is 0.0393. The summed E-state index contributed by atoms with van der Waals surface area (Å²) in [7, 11) is -0.769. The molecule has 8 heteroatoms. The van der Waals surface area contributed by atoms with E-state index in [2.05, 4.69) is 6.07 Å². The molecule has 202 valence electrons. The standard InChI is InChI=1S/C30H34O6S2/c1-33-21-11-13-23-25(19-21)35-30(17-7-4-9-27(30)29(23)15-5-3-6-16-29)24-14-12-22(34-2)20-26(24)36-38(31,32)28-10-8-18-37-28/h8,10-14,18-20,27H,3-7,9,15-17H2,1-2H3/t27-,30-/m0/s1. The first-order valence-electron chi connectivity index (χ1n) is 13.5. The van der Waals surface area contributed by atoms with Crippen LogP contribution < -0.4 is 18.4 Å². The topological polar surface area (TPSA) is 71.1 Å². The van der Waals surface area contributed by atoms with Crippen LogP contribution in [0.3, 0.4) is 0 Å². The highest BCUT2D eigenvalue weighted by Crippen LogP contribution is 2.64. The zero-order valence-electron chi connectivity index (χ0n) is 21.9. The molecule has 1 aromatic heterocycles. The van der Waals surface area contributed by atoms with Gasteiger partial charge in [-0.25, -0.2) is 0 Å². The Hall–Kier alpha value is -2.71. The van der Waals surface area contributed by atoms with Gasteiger partial charge in [0.25, 0.3) is 0 Å². The molecule has 1 aliphatic heterocycles. The van der Waals surface area contributed by atoms with Crippen LogP contribution in [0.15, 0.2) is 58.1 Å². The van der Waals surface area contributed by atoms with Crippen molar-refractivity contribution in [3.05, 3.63) is 65.0 Å². The molecule has 3 aromatic rings. The lowest BCUT2D eigenvalue weighted by molar-refractivity contribution is -0.0956. The SMILES string of the molecule is COc1ccc2c(c1)O[C@]1(c3ccc(OC)cc3OS(=O)(=O)c3cccs3)CCCC[C@H]1C21CCCCC1. The fourth-order valence-corrected chi connectivity index (χ4v) is 9.18. The summed E-state index contributed by atoms with van der Waals surface area (Å²) in [5, 5.41) is 1.74. The molecule has 1 spiro atoms. The van der Waals surface area contributed by atoms with Gasteiger partial charge in [-0.2, -0.15) is 8.42 Å². The molecule has 2 heterocycles. The van der Waals surface area contributed by atoms with Crippen LogP contribution in [-0.2, 0) is 21.1 Å². The summed E-state index contributed by atoms with van der Waals surface area (Å²) in [6.45, 7) is 0. The van der Waals surface area contributed by atoms with Crippen molar-refractivity contribution in [2.24, 2.45) is 5.92 Å². The summed E-state index contributed by atoms with van der Waals surface area (Å²) in [6.07, 6.45) is 9.73. The van der Waals surface area contributed by atoms with Gasteiger partial charge in [0.05, 0.1) is 14.2 Å². The first kappa shape index (κ1) is 25.6. The maximum Gasteiger partial charge on any atom is 0.348 e. The van der Waals surface area contributed by atoms with Crippen molar-refractivity contribution >= 4 is 21.5 Å². The largest absolute Gasteiger partial charge is 0.497 e. The van der Waals surface area contributed by atoms with E-state index in [0.717, 1.165) is 66.9 Å². The van der Waals surface area contributed by atoms with Crippen molar-refractivity contribution in [2.75, 3.05) is 14.2 Å². The molecule has 0 amide bonds. The Morgan fingerprint density at radius 2 is 1.58 bits per heavy atom. The summed E-state index contributed by atoms with van der Waals surface area (Å²) in [5.41, 5.74) is 1.29. The molecule has 0 radical (unpaired) electrons. The van der Waals surface area contributed by atoms with Gasteiger partial charge in [0.2, 0.25) is 0 Å². The second kappa shape index (κ2) is 9.79. The van der Waals surface area contributed by atoms with Gasteiger partial charge in [-0.05, 0) is 61.7 Å². The van der Waals surface area contributed by atoms with Crippen molar-refractivity contribution in [2.45, 2.75) is 73.0 Å². The van der Waals surface area contributed by atoms with Crippen molar-refractivity contribution < 1.29 is 26.8 Å². The molecular weight excluding hydrogens is 520 g/mol. The normalized spacial score (nSPS) is 24.1. The van der Waals surface area contributed by atoms with E-state index in [1.807, 2.05) is 24.3 Å². The average Bonchev–Trinajstić information content (AvgIpc) is 3.50. The molecule has 2 atom stereocenters. The Morgan fingerprint density at radius 3 is 2.29 bits per heavy atom. The van der Waals surface area contributed by atoms with Gasteiger partial charge >= 0.3 is 10.1 Å². The Bertz CT molecular complexity index is 1410. The van der Waals surface area contributed by atoms with Crippen LogP contribution in [0.2, 0.25) is 0 Å². The molecule has 0 N–H and O–H groups in total. The number of fused-ring (bicyclic) bond motifs is 4. The van der Waals surface area contributed by atoms with Gasteiger partial charge in [0.1, 0.15) is 22.8 Å². The van der Waals surface area contributed by atoms with Gasteiger partial charge < -0.3 is 18.4 Å². The summed E-state index contributed by atoms with van der Waals surface area (Å²) >= 11 is 1.14. The van der Waals surface area contributed by atoms with Crippen molar-refractivity contribution in [1.29, 1.82) is 0 Å². The van der Waals surface area contributed by atoms with Crippen LogP contribution in [-0.4, -0.2) is 22.6 Å². The van der Waals surface area contributed by atoms with Crippen LogP contribution >= 0.6 is 11.3 Å². The number of thiophene rings is 1. The summed E-state index contributed by atoms with van der Waals surface area (Å²) < 4.78 is 50.9. The van der Waals surface area contributed by atoms with E-state index in [0.29, 0.717) is 5.75 Å². The lowest BCUT2D eigenvalue weighted by Gasteiger charge is -2.58. The molecule has 0 saturated heterocycles. The Kier molecular flexibility index (Phi) is 6.59. The Morgan fingerprint density at radius 1 is 0.868 bits per heavy atom. The second-order valence-electron chi connectivity index (χ2n) is 10.7. The monoisotopic (exact) mass is 554 g/mol. The maximum atomic E-state index is 13.3. The molecule has 0 unspecified atom stereocenters. The highest BCUT2D eigenvalue weighted by Gasteiger charge is 2.60. The van der Waals surface area contributed by atoms with E-state index in [9.17, 15) is 8.42 Å². The summed E-state index contributed by atoms with van der Waals surface area (Å²) in [5.74, 6) is 2.61. The third-order valence-corrected chi connectivity index (χ3v) is 11.5. The predicted molar refractivity (Wildman–Crippen MR) is 147 cm³/mol. The van der Waals surface area contributed by atoms with Gasteiger partial charge in [0, 0.05) is 34.6 Å². The van der Waals surface area contributed by atoms with Crippen molar-refractivity contribution in [1.82, 2.24) is 0 Å². The first-order valence-corrected chi connectivity index (χ1v) is 15.7. The van der Waals surface area contributed by atoms with Crippen molar-refractivity contribution in [3.8, 4) is 23.0 Å². The molecule has 3 aliphatic rings. The van der Waals surface area contributed by atoms with Gasteiger partial charge in [-0.1, -0.05) is 37.8 Å². The van der Waals surface area contributed by atoms with Crippen LogP contribution in [0, 0.1) is 5.92 Å². The zero-order chi connectivity index (χ0) is 26.4. The number of benzene rings is 2. The molecule has 6 rings (SSSR count). The Labute approximate surface area is 229 Å². The smallest absolute Gasteiger partial charge is 0.348 e. The third kappa shape index (κ3) is 4.08. The molecule has 38 heavy (non-hydrogen) atoms. The van der Waals surface area contributed by atoms with Gasteiger partial charge in [-0.15, -0.1) is 11.3 Å². The lowest BCUT2D eigenvalue weighted by atomic mass is 9.51. The molecule has 0 bridgehead atoms. The highest BCUT2D eigenvalue weighted by molar-refractivity contribution is 7.89. The van der Waals surface area contributed by atoms with E-state index in [4.69, 9.17) is 18.4 Å². The number of ether oxygens (including phenoxy) is 3. The molecule has 2 fully saturated rings. The molecule has 6 nitrogen and oxygen atoms in total. The number of methoxy groups -OCH3 is 2. The maximum absolute atomic E-state index is 13.3. The van der Waals surface area contributed by atoms with Crippen LogP contribution in [0.25, 0.3) is 0 Å². The van der Waals surface area contributed by atoms with E-state index in [1.54, 1.807) is 37.8 Å². The lowest BCUT2D eigenvalue weighted by Crippen LogP contribution is -2.57. The van der Waals surface area contributed by atoms with E-state index in [1.165, 1.54) is 24.8 Å². The molecule has 2 saturated carbocycles. The average molecular weight is 555 g/mol. The van der Waals surface area contributed by atoms with E-state index in [-0.39, 0.29) is 21.3 Å². The number of hydrogen-bond donors (Lipinski definition) is 0. The van der Waals surface area contributed by atoms with Gasteiger partial charge in [0.15, 0.2) is 9.96 Å². The molecule has 2 aromatic carbocycles. The van der Waals surface area contributed by atoms with Crippen molar-refractivity contribution in [3.63, 3.8) is 0 Å². The minimum atomic E-state index is -4.01. The first-order chi connectivity index (χ1) is 18.4. The summed E-state index contributed by atoms with van der Waals surface area (Å²) in [4.78, 5) is 0. The fourth-order valence-electron chi connectivity index (χ4n) is 7.29. The van der Waals surface area contributed by atoms with E-state index >= 15 is 0 Å². The van der Waals surface area contributed by atoms with E-state index < -0.39 is 15.7 Å². The highest BCUT2D eigenvalue weighted by atomic mass is 32.3. The van der Waals surface area contributed by atoms with Crippen LogP contribution in [0.4, 0.5) is 0 Å². The van der Waals surface area contributed by atoms with Crippen LogP contribution in [0.5, 0.6) is 23.0 Å². The molecular formula is C30H34O6S2. The van der Waals surface area contributed by atoms with Gasteiger partial charge in [-0.3, -0.25) is 0 Å². The third-order valence-electron chi connectivity index (χ3n) is 8.87. The van der Waals surface area contributed by atoms with Crippen LogP contribution in [0.1, 0.15) is 68.9 Å². The quantitative estimate of drug-likeness (QED) is 0.300. The second-order valence-corrected chi connectivity index (χ2v) is 13.4. The number of rotatable bonds is 6.